The number of carbonyl (C=O) groups excluding carboxylic acids is 1. The molecule has 0 saturated carbocycles. The van der Waals surface area contributed by atoms with Crippen LogP contribution < -0.4 is 15.4 Å². The lowest BCUT2D eigenvalue weighted by Gasteiger charge is -2.21. The van der Waals surface area contributed by atoms with E-state index < -0.39 is 0 Å². The highest BCUT2D eigenvalue weighted by Crippen LogP contribution is 2.22. The van der Waals surface area contributed by atoms with Gasteiger partial charge in [-0.25, -0.2) is 4.79 Å². The molecule has 2 atom stereocenters. The highest BCUT2D eigenvalue weighted by atomic mass is 32.2. The molecule has 0 bridgehead atoms. The maximum Gasteiger partial charge on any atom is 0.315 e. The van der Waals surface area contributed by atoms with Crippen LogP contribution in [0.4, 0.5) is 4.79 Å². The Labute approximate surface area is 172 Å². The number of nitrogens with one attached hydrogen (secondary N) is 2. The van der Waals surface area contributed by atoms with E-state index in [4.69, 9.17) is 9.47 Å². The summed E-state index contributed by atoms with van der Waals surface area (Å²) >= 11 is 1.76. The number of urea groups is 1. The Morgan fingerprint density at radius 1 is 1.00 bits per heavy atom. The van der Waals surface area contributed by atoms with Gasteiger partial charge in [0, 0.05) is 17.8 Å². The molecule has 2 rings (SSSR count). The molecule has 0 fully saturated rings. The van der Waals surface area contributed by atoms with Gasteiger partial charge in [-0.1, -0.05) is 31.2 Å². The number of amides is 2. The van der Waals surface area contributed by atoms with Crippen LogP contribution in [0.2, 0.25) is 0 Å². The molecule has 0 spiro atoms. The second-order valence-electron chi connectivity index (χ2n) is 6.48. The first kappa shape index (κ1) is 22.1. The van der Waals surface area contributed by atoms with Crippen LogP contribution >= 0.6 is 11.8 Å². The third-order valence-corrected chi connectivity index (χ3v) is 5.49. The van der Waals surface area contributed by atoms with Crippen molar-refractivity contribution >= 4 is 17.8 Å². The Hall–Kier alpha value is -2.18. The largest absolute Gasteiger partial charge is 0.497 e. The molecule has 0 saturated heterocycles. The number of benzene rings is 2. The van der Waals surface area contributed by atoms with Crippen LogP contribution in [0.3, 0.4) is 0 Å². The van der Waals surface area contributed by atoms with Gasteiger partial charge in [-0.15, -0.1) is 11.8 Å². The predicted molar refractivity (Wildman–Crippen MR) is 115 cm³/mol. The second kappa shape index (κ2) is 11.6. The lowest BCUT2D eigenvalue weighted by atomic mass is 10.0. The standard InChI is InChI=1S/C22H30N2O3S/c1-5-21(18-6-10-19(27-4)11-7-18)24-22(25)23-16(2)17-8-12-20(13-9-17)28-15-14-26-3/h6-13,16,21H,5,14-15H2,1-4H3,(H2,23,24,25). The van der Waals surface area contributed by atoms with E-state index in [9.17, 15) is 4.79 Å². The average Bonchev–Trinajstić information content (AvgIpc) is 2.72. The molecule has 2 amide bonds. The van der Waals surface area contributed by atoms with E-state index in [1.54, 1.807) is 26.0 Å². The van der Waals surface area contributed by atoms with Crippen molar-refractivity contribution in [1.29, 1.82) is 0 Å². The molecular weight excluding hydrogens is 372 g/mol. The first-order valence-electron chi connectivity index (χ1n) is 9.50. The molecule has 0 aliphatic carbocycles. The van der Waals surface area contributed by atoms with Crippen molar-refractivity contribution in [2.75, 3.05) is 26.6 Å². The normalized spacial score (nSPS) is 12.9. The second-order valence-corrected chi connectivity index (χ2v) is 7.65. The number of thioether (sulfide) groups is 1. The highest BCUT2D eigenvalue weighted by Gasteiger charge is 2.15. The van der Waals surface area contributed by atoms with Crippen molar-refractivity contribution in [2.24, 2.45) is 0 Å². The quantitative estimate of drug-likeness (QED) is 0.436. The maximum atomic E-state index is 12.5. The minimum absolute atomic E-state index is 0.0438. The summed E-state index contributed by atoms with van der Waals surface area (Å²) in [6, 6.07) is 15.8. The van der Waals surface area contributed by atoms with Crippen LogP contribution in [0.1, 0.15) is 43.5 Å². The monoisotopic (exact) mass is 402 g/mol. The molecular formula is C22H30N2O3S. The molecule has 2 N–H and O–H groups in total. The van der Waals surface area contributed by atoms with E-state index in [0.717, 1.165) is 35.7 Å². The molecule has 6 heteroatoms. The smallest absolute Gasteiger partial charge is 0.315 e. The molecule has 2 aromatic rings. The molecule has 5 nitrogen and oxygen atoms in total. The molecule has 2 aromatic carbocycles. The van der Waals surface area contributed by atoms with Gasteiger partial charge >= 0.3 is 6.03 Å². The van der Waals surface area contributed by atoms with Crippen LogP contribution in [0.5, 0.6) is 5.75 Å². The molecule has 2 unspecified atom stereocenters. The van der Waals surface area contributed by atoms with Gasteiger partial charge in [-0.05, 0) is 48.7 Å². The van der Waals surface area contributed by atoms with Crippen LogP contribution in [0, 0.1) is 0 Å². The van der Waals surface area contributed by atoms with E-state index in [1.165, 1.54) is 4.90 Å². The van der Waals surface area contributed by atoms with Crippen molar-refractivity contribution in [3.05, 3.63) is 59.7 Å². The number of rotatable bonds is 10. The Morgan fingerprint density at radius 3 is 2.21 bits per heavy atom. The van der Waals surface area contributed by atoms with Gasteiger partial charge in [0.15, 0.2) is 0 Å². The first-order valence-corrected chi connectivity index (χ1v) is 10.5. The fourth-order valence-corrected chi connectivity index (χ4v) is 3.65. The molecule has 0 aliphatic rings. The average molecular weight is 403 g/mol. The fourth-order valence-electron chi connectivity index (χ4n) is 2.83. The van der Waals surface area contributed by atoms with E-state index >= 15 is 0 Å². The summed E-state index contributed by atoms with van der Waals surface area (Å²) in [5, 5.41) is 6.08. The topological polar surface area (TPSA) is 59.6 Å². The number of hydrogen-bond donors (Lipinski definition) is 2. The lowest BCUT2D eigenvalue weighted by molar-refractivity contribution is 0.218. The SMILES string of the molecule is CCC(NC(=O)NC(C)c1ccc(SCCOC)cc1)c1ccc(OC)cc1. The summed E-state index contributed by atoms with van der Waals surface area (Å²) in [6.07, 6.45) is 0.807. The Balaban J connectivity index is 1.89. The summed E-state index contributed by atoms with van der Waals surface area (Å²) in [4.78, 5) is 13.7. The molecule has 0 radical (unpaired) electrons. The zero-order valence-electron chi connectivity index (χ0n) is 17.0. The van der Waals surface area contributed by atoms with Crippen LogP contribution in [0.25, 0.3) is 0 Å². The summed E-state index contributed by atoms with van der Waals surface area (Å²) in [6.45, 7) is 4.77. The van der Waals surface area contributed by atoms with Gasteiger partial charge in [-0.3, -0.25) is 0 Å². The van der Waals surface area contributed by atoms with Crippen LogP contribution in [-0.2, 0) is 4.74 Å². The summed E-state index contributed by atoms with van der Waals surface area (Å²) < 4.78 is 10.3. The van der Waals surface area contributed by atoms with E-state index in [1.807, 2.05) is 31.2 Å². The zero-order chi connectivity index (χ0) is 20.4. The predicted octanol–water partition coefficient (Wildman–Crippen LogP) is 4.95. The highest BCUT2D eigenvalue weighted by molar-refractivity contribution is 7.99. The van der Waals surface area contributed by atoms with Gasteiger partial charge in [0.05, 0.1) is 25.8 Å². The number of methoxy groups -OCH3 is 2. The summed E-state index contributed by atoms with van der Waals surface area (Å²) in [5.74, 6) is 1.73. The molecule has 0 aliphatic heterocycles. The molecule has 0 aromatic heterocycles. The molecule has 0 heterocycles. The molecule has 152 valence electrons. The zero-order valence-corrected chi connectivity index (χ0v) is 17.8. The van der Waals surface area contributed by atoms with Gasteiger partial charge in [0.1, 0.15) is 5.75 Å². The van der Waals surface area contributed by atoms with Crippen molar-refractivity contribution in [3.63, 3.8) is 0 Å². The van der Waals surface area contributed by atoms with Crippen LogP contribution in [-0.4, -0.2) is 32.6 Å². The molecule has 28 heavy (non-hydrogen) atoms. The summed E-state index contributed by atoms with van der Waals surface area (Å²) in [7, 11) is 3.35. The van der Waals surface area contributed by atoms with E-state index in [0.29, 0.717) is 0 Å². The van der Waals surface area contributed by atoms with Crippen molar-refractivity contribution in [2.45, 2.75) is 37.2 Å². The Morgan fingerprint density at radius 2 is 1.64 bits per heavy atom. The number of carbonyl (C=O) groups is 1. The summed E-state index contributed by atoms with van der Waals surface area (Å²) in [5.41, 5.74) is 2.13. The fraction of sp³-hybridized carbons (Fsp3) is 0.409. The minimum atomic E-state index is -0.172. The lowest BCUT2D eigenvalue weighted by Crippen LogP contribution is -2.39. The number of hydrogen-bond acceptors (Lipinski definition) is 4. The van der Waals surface area contributed by atoms with Crippen molar-refractivity contribution in [3.8, 4) is 5.75 Å². The van der Waals surface area contributed by atoms with Crippen molar-refractivity contribution < 1.29 is 14.3 Å². The third-order valence-electron chi connectivity index (χ3n) is 4.52. The van der Waals surface area contributed by atoms with Crippen LogP contribution in [0.15, 0.2) is 53.4 Å². The van der Waals surface area contributed by atoms with Gasteiger partial charge < -0.3 is 20.1 Å². The maximum absolute atomic E-state index is 12.5. The van der Waals surface area contributed by atoms with Gasteiger partial charge in [-0.2, -0.15) is 0 Å². The van der Waals surface area contributed by atoms with Crippen molar-refractivity contribution in [1.82, 2.24) is 10.6 Å². The third kappa shape index (κ3) is 6.77. The first-order chi connectivity index (χ1) is 13.6. The van der Waals surface area contributed by atoms with E-state index in [-0.39, 0.29) is 18.1 Å². The minimum Gasteiger partial charge on any atom is -0.497 e. The Bertz CT molecular complexity index is 720. The Kier molecular flexibility index (Phi) is 9.17. The van der Waals surface area contributed by atoms with Gasteiger partial charge in [0.25, 0.3) is 0 Å². The van der Waals surface area contributed by atoms with E-state index in [2.05, 4.69) is 41.8 Å². The van der Waals surface area contributed by atoms with Gasteiger partial charge in [0.2, 0.25) is 0 Å². The number of ether oxygens (including phenoxy) is 2.